The number of H-pyrrole nitrogens is 1. The number of aromatic amines is 1. The maximum absolute atomic E-state index is 14.9. The summed E-state index contributed by atoms with van der Waals surface area (Å²) < 4.78 is 21.0. The lowest BCUT2D eigenvalue weighted by Crippen LogP contribution is -2.49. The predicted octanol–water partition coefficient (Wildman–Crippen LogP) is -1.44. The number of carbonyl (C=O) groups is 1. The van der Waals surface area contributed by atoms with Crippen LogP contribution in [0.15, 0.2) is 20.8 Å². The van der Waals surface area contributed by atoms with Crippen molar-refractivity contribution in [3.63, 3.8) is 0 Å². The van der Waals surface area contributed by atoms with E-state index < -0.39 is 47.5 Å². The molecule has 2 fully saturated rings. The summed E-state index contributed by atoms with van der Waals surface area (Å²) in [6, 6.07) is 0. The number of aliphatic hydroxyl groups excluding tert-OH is 2. The van der Waals surface area contributed by atoms with E-state index in [0.29, 0.717) is 17.7 Å². The van der Waals surface area contributed by atoms with E-state index in [2.05, 4.69) is 11.7 Å². The van der Waals surface area contributed by atoms with Crippen molar-refractivity contribution in [2.75, 3.05) is 19.7 Å². The Labute approximate surface area is 152 Å². The summed E-state index contributed by atoms with van der Waals surface area (Å²) >= 11 is 0. The van der Waals surface area contributed by atoms with Gasteiger partial charge >= 0.3 is 5.69 Å². The van der Waals surface area contributed by atoms with Gasteiger partial charge in [0.2, 0.25) is 5.72 Å². The lowest BCUT2D eigenvalue weighted by atomic mass is 10.0. The van der Waals surface area contributed by atoms with Crippen molar-refractivity contribution in [3.8, 4) is 0 Å². The van der Waals surface area contributed by atoms with Gasteiger partial charge in [-0.1, -0.05) is 0 Å². The van der Waals surface area contributed by atoms with Crippen LogP contribution in [0.3, 0.4) is 0 Å². The number of ether oxygens (including phenoxy) is 1. The van der Waals surface area contributed by atoms with Crippen molar-refractivity contribution in [1.29, 1.82) is 0 Å². The molecule has 0 spiro atoms. The highest BCUT2D eigenvalue weighted by Crippen LogP contribution is 2.43. The molecule has 11 heteroatoms. The van der Waals surface area contributed by atoms with Gasteiger partial charge in [-0.05, 0) is 26.5 Å². The Balaban J connectivity index is 2.10. The van der Waals surface area contributed by atoms with Crippen LogP contribution >= 0.6 is 0 Å². The predicted molar refractivity (Wildman–Crippen MR) is 91.5 cm³/mol. The van der Waals surface area contributed by atoms with E-state index in [0.717, 1.165) is 26.0 Å². The minimum atomic E-state index is -2.20. The second-order valence-corrected chi connectivity index (χ2v) is 6.84. The summed E-state index contributed by atoms with van der Waals surface area (Å²) in [7, 11) is 0. The molecule has 2 saturated heterocycles. The van der Waals surface area contributed by atoms with Gasteiger partial charge in [0, 0.05) is 19.3 Å². The average molecular weight is 384 g/mol. The number of halogens is 1. The third-order valence-corrected chi connectivity index (χ3v) is 5.17. The number of rotatable bonds is 4. The molecule has 1 aromatic heterocycles. The van der Waals surface area contributed by atoms with Gasteiger partial charge in [-0.2, -0.15) is 0 Å². The standard InChI is InChI=1S/C16H21FN4O6/c1-15(10(17)11(23)16(8-22,18-2)27-15)21-7-9(12(24)19-14(21)26)13(25)20-5-3-4-6-20/h7,10-11,22-23H,2-6,8H2,1H3,(H,19,24,26)/t10?,11?,15?,16-/m1/s1. The number of nitrogens with zero attached hydrogens (tertiary/aromatic N) is 3. The maximum atomic E-state index is 14.9. The average Bonchev–Trinajstić information content (AvgIpc) is 3.24. The van der Waals surface area contributed by atoms with Crippen LogP contribution in [-0.4, -0.2) is 75.0 Å². The molecule has 3 rings (SSSR count). The van der Waals surface area contributed by atoms with E-state index in [1.807, 2.05) is 4.98 Å². The molecule has 3 heterocycles. The van der Waals surface area contributed by atoms with Gasteiger partial charge in [0.15, 0.2) is 11.9 Å². The fourth-order valence-electron chi connectivity index (χ4n) is 3.52. The Morgan fingerprint density at radius 3 is 2.63 bits per heavy atom. The molecule has 3 N–H and O–H groups in total. The van der Waals surface area contributed by atoms with Gasteiger partial charge in [-0.15, -0.1) is 0 Å². The number of aliphatic hydroxyl groups is 2. The molecule has 1 aromatic rings. The van der Waals surface area contributed by atoms with E-state index >= 15 is 0 Å². The van der Waals surface area contributed by atoms with Crippen LogP contribution in [0.2, 0.25) is 0 Å². The monoisotopic (exact) mass is 384 g/mol. The SMILES string of the molecule is C=N[C@]1(CO)OC(C)(n2cc(C(=O)N3CCCC3)c(=O)[nH]c2=O)C(F)C1O. The molecule has 2 aliphatic rings. The normalized spacial score (nSPS) is 33.4. The molecular weight excluding hydrogens is 363 g/mol. The van der Waals surface area contributed by atoms with E-state index in [-0.39, 0.29) is 5.56 Å². The van der Waals surface area contributed by atoms with Crippen molar-refractivity contribution in [2.24, 2.45) is 4.99 Å². The quantitative estimate of drug-likeness (QED) is 0.544. The van der Waals surface area contributed by atoms with Crippen molar-refractivity contribution < 1.29 is 24.1 Å². The number of likely N-dealkylation sites (tertiary alicyclic amines) is 1. The second kappa shape index (κ2) is 6.66. The summed E-state index contributed by atoms with van der Waals surface area (Å²) in [5.41, 5.74) is -6.50. The molecule has 0 aliphatic carbocycles. The minimum Gasteiger partial charge on any atom is -0.391 e. The zero-order chi connectivity index (χ0) is 20.0. The molecule has 4 atom stereocenters. The topological polar surface area (TPSA) is 137 Å². The number of aromatic nitrogens is 2. The van der Waals surface area contributed by atoms with Crippen LogP contribution in [-0.2, 0) is 10.5 Å². The molecule has 0 aromatic carbocycles. The van der Waals surface area contributed by atoms with Crippen LogP contribution in [0, 0.1) is 0 Å². The molecule has 3 unspecified atom stereocenters. The number of nitrogens with one attached hydrogen (secondary N) is 1. The van der Waals surface area contributed by atoms with Crippen molar-refractivity contribution in [1.82, 2.24) is 14.5 Å². The smallest absolute Gasteiger partial charge is 0.330 e. The van der Waals surface area contributed by atoms with Crippen LogP contribution in [0.25, 0.3) is 0 Å². The van der Waals surface area contributed by atoms with Crippen LogP contribution < -0.4 is 11.2 Å². The molecule has 0 bridgehead atoms. The van der Waals surface area contributed by atoms with Gasteiger partial charge in [0.1, 0.15) is 11.7 Å². The van der Waals surface area contributed by atoms with E-state index in [1.54, 1.807) is 0 Å². The van der Waals surface area contributed by atoms with Crippen LogP contribution in [0.1, 0.15) is 30.1 Å². The van der Waals surface area contributed by atoms with E-state index in [1.165, 1.54) is 4.90 Å². The molecule has 0 saturated carbocycles. The molecule has 1 amide bonds. The molecule has 10 nitrogen and oxygen atoms in total. The van der Waals surface area contributed by atoms with Gasteiger partial charge < -0.3 is 19.8 Å². The fourth-order valence-corrected chi connectivity index (χ4v) is 3.52. The summed E-state index contributed by atoms with van der Waals surface area (Å²) in [4.78, 5) is 43.9. The van der Waals surface area contributed by atoms with Crippen molar-refractivity contribution >= 4 is 12.6 Å². The van der Waals surface area contributed by atoms with E-state index in [9.17, 15) is 29.0 Å². The Hall–Kier alpha value is -2.37. The number of hydrogen-bond donors (Lipinski definition) is 3. The molecular formula is C16H21FN4O6. The summed E-state index contributed by atoms with van der Waals surface area (Å²) in [6.07, 6.45) is -1.60. The van der Waals surface area contributed by atoms with Crippen molar-refractivity contribution in [3.05, 3.63) is 32.6 Å². The lowest BCUT2D eigenvalue weighted by molar-refractivity contribution is -0.173. The molecule has 148 valence electrons. The number of aliphatic imine (C=N–C) groups is 1. The van der Waals surface area contributed by atoms with Gasteiger partial charge in [-0.25, -0.2) is 9.18 Å². The first-order valence-corrected chi connectivity index (χ1v) is 8.47. The first-order valence-electron chi connectivity index (χ1n) is 8.47. The Morgan fingerprint density at radius 1 is 1.48 bits per heavy atom. The zero-order valence-electron chi connectivity index (χ0n) is 14.7. The maximum Gasteiger partial charge on any atom is 0.330 e. The van der Waals surface area contributed by atoms with Gasteiger partial charge in [-0.3, -0.25) is 24.1 Å². The molecule has 2 aliphatic heterocycles. The summed E-state index contributed by atoms with van der Waals surface area (Å²) in [5.74, 6) is -0.588. The number of hydrogen-bond acceptors (Lipinski definition) is 7. The number of amides is 1. The largest absolute Gasteiger partial charge is 0.391 e. The van der Waals surface area contributed by atoms with Gasteiger partial charge in [0.05, 0.1) is 6.61 Å². The van der Waals surface area contributed by atoms with Gasteiger partial charge in [0.25, 0.3) is 11.5 Å². The highest BCUT2D eigenvalue weighted by molar-refractivity contribution is 5.93. The Kier molecular flexibility index (Phi) is 4.78. The Bertz CT molecular complexity index is 878. The third-order valence-electron chi connectivity index (χ3n) is 5.17. The number of alkyl halides is 1. The molecule has 0 radical (unpaired) electrons. The highest BCUT2D eigenvalue weighted by Gasteiger charge is 2.62. The lowest BCUT2D eigenvalue weighted by Gasteiger charge is -2.30. The third kappa shape index (κ3) is 2.82. The minimum absolute atomic E-state index is 0.351. The zero-order valence-corrected chi connectivity index (χ0v) is 14.7. The Morgan fingerprint density at radius 2 is 2.11 bits per heavy atom. The first-order chi connectivity index (χ1) is 12.7. The van der Waals surface area contributed by atoms with Crippen molar-refractivity contribution in [2.45, 2.75) is 43.5 Å². The molecule has 27 heavy (non-hydrogen) atoms. The van der Waals surface area contributed by atoms with Crippen LogP contribution in [0.4, 0.5) is 4.39 Å². The highest BCUT2D eigenvalue weighted by atomic mass is 19.1. The summed E-state index contributed by atoms with van der Waals surface area (Å²) in [6.45, 7) is 4.41. The first kappa shape index (κ1) is 19.4. The van der Waals surface area contributed by atoms with Crippen LogP contribution in [0.5, 0.6) is 0 Å². The summed E-state index contributed by atoms with van der Waals surface area (Å²) in [5, 5.41) is 19.6. The number of carbonyl (C=O) groups excluding carboxylic acids is 1. The second-order valence-electron chi connectivity index (χ2n) is 6.84. The van der Waals surface area contributed by atoms with E-state index in [4.69, 9.17) is 4.74 Å². The fraction of sp³-hybridized carbons (Fsp3) is 0.625.